The van der Waals surface area contributed by atoms with Crippen LogP contribution in [0.1, 0.15) is 19.3 Å². The summed E-state index contributed by atoms with van der Waals surface area (Å²) in [5, 5.41) is 3.41. The van der Waals surface area contributed by atoms with Gasteiger partial charge in [0.2, 0.25) is 0 Å². The first-order chi connectivity index (χ1) is 9.77. The van der Waals surface area contributed by atoms with Crippen molar-refractivity contribution in [2.45, 2.75) is 19.3 Å². The van der Waals surface area contributed by atoms with Gasteiger partial charge in [-0.15, -0.1) is 6.58 Å². The summed E-state index contributed by atoms with van der Waals surface area (Å²) >= 11 is 1.89. The fourth-order valence-electron chi connectivity index (χ4n) is 2.30. The highest BCUT2D eigenvalue weighted by Gasteiger charge is 2.15. The fraction of sp³-hybridized carbons (Fsp3) is 0.800. The second-order valence-electron chi connectivity index (χ2n) is 5.10. The highest BCUT2D eigenvalue weighted by Crippen LogP contribution is 2.18. The van der Waals surface area contributed by atoms with Gasteiger partial charge in [-0.2, -0.15) is 11.8 Å². The van der Waals surface area contributed by atoms with E-state index in [0.717, 1.165) is 49.7 Å². The molecule has 0 saturated carbocycles. The van der Waals surface area contributed by atoms with Gasteiger partial charge in [0.15, 0.2) is 5.96 Å². The topological polar surface area (TPSA) is 36.9 Å². The van der Waals surface area contributed by atoms with Crippen molar-refractivity contribution in [1.82, 2.24) is 10.2 Å². The van der Waals surface area contributed by atoms with Crippen LogP contribution in [-0.2, 0) is 4.74 Å². The molecule has 0 aliphatic carbocycles. The van der Waals surface area contributed by atoms with E-state index < -0.39 is 0 Å². The van der Waals surface area contributed by atoms with Gasteiger partial charge < -0.3 is 15.0 Å². The maximum Gasteiger partial charge on any atom is 0.193 e. The van der Waals surface area contributed by atoms with E-state index in [4.69, 9.17) is 4.74 Å². The molecule has 1 fully saturated rings. The summed E-state index contributed by atoms with van der Waals surface area (Å²) in [5.74, 6) is 3.90. The lowest BCUT2D eigenvalue weighted by Gasteiger charge is -2.26. The maximum atomic E-state index is 5.40. The Morgan fingerprint density at radius 2 is 2.25 bits per heavy atom. The number of thioether (sulfide) groups is 1. The minimum atomic E-state index is 0.812. The molecule has 0 bridgehead atoms. The average Bonchev–Trinajstić information content (AvgIpc) is 2.49. The number of nitrogens with one attached hydrogen (secondary N) is 1. The normalized spacial score (nSPS) is 17.0. The Balaban J connectivity index is 2.17. The SMILES string of the molecule is C=CCSCCNC(=NC)N(C)CCC1CCOCC1. The van der Waals surface area contributed by atoms with Crippen molar-refractivity contribution in [1.29, 1.82) is 0 Å². The van der Waals surface area contributed by atoms with E-state index in [-0.39, 0.29) is 0 Å². The lowest BCUT2D eigenvalue weighted by atomic mass is 9.96. The zero-order chi connectivity index (χ0) is 14.6. The number of hydrogen-bond acceptors (Lipinski definition) is 3. The molecule has 0 aromatic carbocycles. The van der Waals surface area contributed by atoms with Crippen LogP contribution in [0.4, 0.5) is 0 Å². The van der Waals surface area contributed by atoms with Crippen molar-refractivity contribution in [3.63, 3.8) is 0 Å². The summed E-state index contributed by atoms with van der Waals surface area (Å²) in [7, 11) is 3.97. The van der Waals surface area contributed by atoms with Crippen LogP contribution in [-0.4, -0.2) is 62.8 Å². The third kappa shape index (κ3) is 7.20. The van der Waals surface area contributed by atoms with E-state index in [1.54, 1.807) is 0 Å². The molecule has 0 radical (unpaired) electrons. The van der Waals surface area contributed by atoms with Crippen LogP contribution >= 0.6 is 11.8 Å². The summed E-state index contributed by atoms with van der Waals surface area (Å²) in [6, 6.07) is 0. The summed E-state index contributed by atoms with van der Waals surface area (Å²) in [6.07, 6.45) is 5.58. The van der Waals surface area contributed by atoms with Crippen LogP contribution < -0.4 is 5.32 Å². The Bertz CT molecular complexity index is 291. The van der Waals surface area contributed by atoms with Crippen LogP contribution in [0.3, 0.4) is 0 Å². The van der Waals surface area contributed by atoms with Crippen molar-refractivity contribution in [2.75, 3.05) is 51.9 Å². The lowest BCUT2D eigenvalue weighted by molar-refractivity contribution is 0.0625. The fourth-order valence-corrected chi connectivity index (χ4v) is 2.88. The van der Waals surface area contributed by atoms with E-state index in [1.165, 1.54) is 19.3 Å². The Morgan fingerprint density at radius 3 is 2.90 bits per heavy atom. The molecule has 0 amide bonds. The summed E-state index contributed by atoms with van der Waals surface area (Å²) in [6.45, 7) is 7.60. The van der Waals surface area contributed by atoms with Crippen LogP contribution in [0.2, 0.25) is 0 Å². The van der Waals surface area contributed by atoms with Crippen LogP contribution in [0.25, 0.3) is 0 Å². The average molecular weight is 299 g/mol. The molecule has 0 atom stereocenters. The second-order valence-corrected chi connectivity index (χ2v) is 6.25. The molecule has 1 saturated heterocycles. The number of hydrogen-bond donors (Lipinski definition) is 1. The maximum absolute atomic E-state index is 5.40. The third-order valence-corrected chi connectivity index (χ3v) is 4.52. The molecule has 116 valence electrons. The molecular formula is C15H29N3OS. The molecule has 20 heavy (non-hydrogen) atoms. The first-order valence-electron chi connectivity index (χ1n) is 7.46. The monoisotopic (exact) mass is 299 g/mol. The van der Waals surface area contributed by atoms with Gasteiger partial charge in [0.1, 0.15) is 0 Å². The van der Waals surface area contributed by atoms with Crippen molar-refractivity contribution in [2.24, 2.45) is 10.9 Å². The number of rotatable bonds is 8. The van der Waals surface area contributed by atoms with E-state index in [9.17, 15) is 0 Å². The predicted molar refractivity (Wildman–Crippen MR) is 89.7 cm³/mol. The molecular weight excluding hydrogens is 270 g/mol. The molecule has 0 aromatic rings. The van der Waals surface area contributed by atoms with Gasteiger partial charge in [-0.25, -0.2) is 0 Å². The standard InChI is InChI=1S/C15H29N3OS/c1-4-12-20-13-8-17-15(16-2)18(3)9-5-14-6-10-19-11-7-14/h4,14H,1,5-13H2,2-3H3,(H,16,17). The van der Waals surface area contributed by atoms with Gasteiger partial charge in [-0.3, -0.25) is 4.99 Å². The molecule has 5 heteroatoms. The Kier molecular flexibility index (Phi) is 9.58. The first kappa shape index (κ1) is 17.4. The highest BCUT2D eigenvalue weighted by atomic mass is 32.2. The smallest absolute Gasteiger partial charge is 0.193 e. The van der Waals surface area contributed by atoms with Crippen LogP contribution in [0, 0.1) is 5.92 Å². The van der Waals surface area contributed by atoms with Gasteiger partial charge in [0.05, 0.1) is 0 Å². The molecule has 4 nitrogen and oxygen atoms in total. The van der Waals surface area contributed by atoms with E-state index in [1.807, 2.05) is 24.9 Å². The third-order valence-electron chi connectivity index (χ3n) is 3.55. The molecule has 0 unspecified atom stereocenters. The zero-order valence-corrected chi connectivity index (χ0v) is 13.8. The molecule has 0 spiro atoms. The van der Waals surface area contributed by atoms with Gasteiger partial charge >= 0.3 is 0 Å². The zero-order valence-electron chi connectivity index (χ0n) is 12.9. The Labute approximate surface area is 128 Å². The van der Waals surface area contributed by atoms with Gasteiger partial charge in [-0.1, -0.05) is 6.08 Å². The van der Waals surface area contributed by atoms with Crippen LogP contribution in [0.5, 0.6) is 0 Å². The van der Waals surface area contributed by atoms with Crippen molar-refractivity contribution < 1.29 is 4.74 Å². The van der Waals surface area contributed by atoms with Crippen LogP contribution in [0.15, 0.2) is 17.6 Å². The number of aliphatic imine (C=N–C) groups is 1. The quantitative estimate of drug-likeness (QED) is 0.323. The summed E-state index contributed by atoms with van der Waals surface area (Å²) < 4.78 is 5.40. The van der Waals surface area contributed by atoms with Gasteiger partial charge in [0.25, 0.3) is 0 Å². The first-order valence-corrected chi connectivity index (χ1v) is 8.61. The van der Waals surface area contributed by atoms with Crippen molar-refractivity contribution >= 4 is 17.7 Å². The molecule has 0 aromatic heterocycles. The largest absolute Gasteiger partial charge is 0.381 e. The molecule has 1 aliphatic rings. The second kappa shape index (κ2) is 11.0. The molecule has 1 N–H and O–H groups in total. The summed E-state index contributed by atoms with van der Waals surface area (Å²) in [5.41, 5.74) is 0. The van der Waals surface area contributed by atoms with E-state index >= 15 is 0 Å². The Hall–Kier alpha value is -0.680. The number of guanidine groups is 1. The van der Waals surface area contributed by atoms with Gasteiger partial charge in [0, 0.05) is 51.9 Å². The number of ether oxygens (including phenoxy) is 1. The minimum Gasteiger partial charge on any atom is -0.381 e. The molecule has 1 heterocycles. The number of nitrogens with zero attached hydrogens (tertiary/aromatic N) is 2. The van der Waals surface area contributed by atoms with E-state index in [0.29, 0.717) is 0 Å². The molecule has 1 rings (SSSR count). The summed E-state index contributed by atoms with van der Waals surface area (Å²) in [4.78, 5) is 6.58. The minimum absolute atomic E-state index is 0.812. The predicted octanol–water partition coefficient (Wildman–Crippen LogP) is 2.23. The highest BCUT2D eigenvalue weighted by molar-refractivity contribution is 7.99. The van der Waals surface area contributed by atoms with Crippen molar-refractivity contribution in [3.05, 3.63) is 12.7 Å². The van der Waals surface area contributed by atoms with Gasteiger partial charge in [-0.05, 0) is 25.2 Å². The Morgan fingerprint density at radius 1 is 1.50 bits per heavy atom. The van der Waals surface area contributed by atoms with E-state index in [2.05, 4.69) is 28.8 Å². The lowest BCUT2D eigenvalue weighted by Crippen LogP contribution is -2.41. The van der Waals surface area contributed by atoms with Crippen molar-refractivity contribution in [3.8, 4) is 0 Å². The molecule has 1 aliphatic heterocycles.